The second-order valence-electron chi connectivity index (χ2n) is 6.73. The average molecular weight is 395 g/mol. The molecule has 0 bridgehead atoms. The number of ketones is 1. The predicted molar refractivity (Wildman–Crippen MR) is 104 cm³/mol. The van der Waals surface area contributed by atoms with Gasteiger partial charge in [-0.25, -0.2) is 0 Å². The molecule has 0 aromatic heterocycles. The topological polar surface area (TPSA) is 46.7 Å². The Morgan fingerprint density at radius 1 is 0.889 bits per heavy atom. The summed E-state index contributed by atoms with van der Waals surface area (Å²) in [5.74, 6) is -0.128. The molecule has 5 rings (SSSR count). The molecule has 0 amide bonds. The number of hydrogen-bond donors (Lipinski definition) is 0. The van der Waals surface area contributed by atoms with Gasteiger partial charge in [-0.05, 0) is 17.7 Å². The molecule has 1 unspecified atom stereocenters. The zero-order chi connectivity index (χ0) is 18.6. The van der Waals surface area contributed by atoms with Crippen molar-refractivity contribution >= 4 is 28.2 Å². The van der Waals surface area contributed by atoms with Gasteiger partial charge in [0, 0.05) is 16.1 Å². The monoisotopic (exact) mass is 394 g/mol. The van der Waals surface area contributed by atoms with E-state index in [0.29, 0.717) is 15.5 Å². The normalized spacial score (nSPS) is 28.8. The molecule has 1 fully saturated rings. The SMILES string of the molecule is O=C1c2ccccc2S(=O)[C@H](c2ccccc2)[C@@]12O[C@@H]2c1ccccc1Cl. The Balaban J connectivity index is 1.72. The molecule has 3 aromatic carbocycles. The van der Waals surface area contributed by atoms with E-state index in [9.17, 15) is 9.00 Å². The third kappa shape index (κ3) is 2.37. The van der Waals surface area contributed by atoms with Crippen LogP contribution in [0.4, 0.5) is 0 Å². The Kier molecular flexibility index (Phi) is 3.83. The van der Waals surface area contributed by atoms with Crippen LogP contribution in [0.25, 0.3) is 0 Å². The summed E-state index contributed by atoms with van der Waals surface area (Å²) in [6.07, 6.45) is -0.513. The molecule has 27 heavy (non-hydrogen) atoms. The minimum atomic E-state index is -1.42. The third-order valence-corrected chi connectivity index (χ3v) is 7.43. The molecule has 5 heteroatoms. The lowest BCUT2D eigenvalue weighted by Crippen LogP contribution is -2.40. The fraction of sp³-hybridized carbons (Fsp3) is 0.136. The van der Waals surface area contributed by atoms with Crippen molar-refractivity contribution in [3.05, 3.63) is 101 Å². The van der Waals surface area contributed by atoms with Crippen molar-refractivity contribution in [2.45, 2.75) is 21.9 Å². The minimum Gasteiger partial charge on any atom is -0.350 e. The molecule has 4 atom stereocenters. The third-order valence-electron chi connectivity index (χ3n) is 5.24. The number of halogens is 1. The van der Waals surface area contributed by atoms with Gasteiger partial charge >= 0.3 is 0 Å². The molecule has 0 radical (unpaired) electrons. The maximum atomic E-state index is 13.5. The maximum absolute atomic E-state index is 13.5. The van der Waals surface area contributed by atoms with Crippen molar-refractivity contribution in [3.63, 3.8) is 0 Å². The molecule has 1 saturated heterocycles. The van der Waals surface area contributed by atoms with Crippen LogP contribution in [0.1, 0.15) is 32.8 Å². The summed E-state index contributed by atoms with van der Waals surface area (Å²) in [6, 6.07) is 23.9. The van der Waals surface area contributed by atoms with Gasteiger partial charge in [-0.2, -0.15) is 0 Å². The molecule has 3 nitrogen and oxygen atoms in total. The van der Waals surface area contributed by atoms with E-state index < -0.39 is 27.8 Å². The van der Waals surface area contributed by atoms with E-state index in [-0.39, 0.29) is 5.78 Å². The highest BCUT2D eigenvalue weighted by molar-refractivity contribution is 7.85. The highest BCUT2D eigenvalue weighted by Crippen LogP contribution is 2.63. The van der Waals surface area contributed by atoms with E-state index in [4.69, 9.17) is 16.3 Å². The number of rotatable bonds is 2. The van der Waals surface area contributed by atoms with Gasteiger partial charge in [0.2, 0.25) is 5.78 Å². The first-order valence-corrected chi connectivity index (χ1v) is 10.3. The van der Waals surface area contributed by atoms with Crippen LogP contribution >= 0.6 is 11.6 Å². The smallest absolute Gasteiger partial charge is 0.200 e. The summed E-state index contributed by atoms with van der Waals surface area (Å²) in [7, 11) is -1.42. The van der Waals surface area contributed by atoms with Gasteiger partial charge in [0.25, 0.3) is 0 Å². The lowest BCUT2D eigenvalue weighted by Gasteiger charge is -2.30. The van der Waals surface area contributed by atoms with Crippen LogP contribution in [-0.2, 0) is 15.5 Å². The zero-order valence-corrected chi connectivity index (χ0v) is 15.7. The summed E-state index contributed by atoms with van der Waals surface area (Å²) in [4.78, 5) is 14.1. The van der Waals surface area contributed by atoms with E-state index >= 15 is 0 Å². The van der Waals surface area contributed by atoms with Crippen molar-refractivity contribution in [2.24, 2.45) is 0 Å². The highest BCUT2D eigenvalue weighted by atomic mass is 35.5. The van der Waals surface area contributed by atoms with Crippen LogP contribution < -0.4 is 0 Å². The molecule has 3 aromatic rings. The predicted octanol–water partition coefficient (Wildman–Crippen LogP) is 4.90. The Bertz CT molecular complexity index is 1080. The molecule has 2 aliphatic rings. The number of Topliss-reactive ketones (excluding diaryl/α,β-unsaturated/α-hetero) is 1. The first kappa shape index (κ1) is 16.9. The Labute approximate surface area is 164 Å². The Morgan fingerprint density at radius 2 is 1.56 bits per heavy atom. The van der Waals surface area contributed by atoms with E-state index in [1.54, 1.807) is 24.3 Å². The van der Waals surface area contributed by atoms with Crippen molar-refractivity contribution < 1.29 is 13.7 Å². The van der Waals surface area contributed by atoms with Crippen molar-refractivity contribution in [1.82, 2.24) is 0 Å². The van der Waals surface area contributed by atoms with Crippen LogP contribution in [0.3, 0.4) is 0 Å². The van der Waals surface area contributed by atoms with Gasteiger partial charge in [0.15, 0.2) is 5.60 Å². The molecular weight excluding hydrogens is 380 g/mol. The Hall–Kier alpha value is -2.27. The summed E-state index contributed by atoms with van der Waals surface area (Å²) in [5, 5.41) is -0.0361. The standard InChI is InChI=1S/C22H15ClO3S/c23-17-12-6-4-10-15(17)20-22(26-20)19(24)16-11-5-7-13-18(16)27(25)21(22)14-8-2-1-3-9-14/h1-13,20-21H/t20-,21-,22-,27?/m1/s1. The van der Waals surface area contributed by atoms with E-state index in [2.05, 4.69) is 0 Å². The number of carbonyl (C=O) groups is 1. The summed E-state index contributed by atoms with van der Waals surface area (Å²) in [6.45, 7) is 0. The number of ether oxygens (including phenoxy) is 1. The van der Waals surface area contributed by atoms with Crippen LogP contribution in [-0.4, -0.2) is 15.6 Å². The molecular formula is C22H15ClO3S. The number of fused-ring (bicyclic) bond motifs is 1. The number of carbonyl (C=O) groups excluding carboxylic acids is 1. The first-order valence-electron chi connectivity index (χ1n) is 8.66. The fourth-order valence-corrected chi connectivity index (χ4v) is 6.05. The Morgan fingerprint density at radius 3 is 2.33 bits per heavy atom. The summed E-state index contributed by atoms with van der Waals surface area (Å²) < 4.78 is 19.6. The molecule has 1 spiro atoms. The lowest BCUT2D eigenvalue weighted by atomic mass is 9.85. The van der Waals surface area contributed by atoms with Crippen molar-refractivity contribution in [1.29, 1.82) is 0 Å². The van der Waals surface area contributed by atoms with Crippen LogP contribution in [0.5, 0.6) is 0 Å². The van der Waals surface area contributed by atoms with E-state index in [0.717, 1.165) is 11.1 Å². The zero-order valence-electron chi connectivity index (χ0n) is 14.2. The van der Waals surface area contributed by atoms with Crippen molar-refractivity contribution in [3.8, 4) is 0 Å². The lowest BCUT2D eigenvalue weighted by molar-refractivity contribution is 0.0859. The van der Waals surface area contributed by atoms with Gasteiger partial charge in [0.05, 0.1) is 15.7 Å². The van der Waals surface area contributed by atoms with Gasteiger partial charge in [-0.15, -0.1) is 0 Å². The number of benzene rings is 3. The number of epoxide rings is 1. The van der Waals surface area contributed by atoms with Crippen LogP contribution in [0, 0.1) is 0 Å². The molecule has 0 saturated carbocycles. The highest BCUT2D eigenvalue weighted by Gasteiger charge is 2.71. The van der Waals surface area contributed by atoms with Crippen LogP contribution in [0.15, 0.2) is 83.8 Å². The van der Waals surface area contributed by atoms with Gasteiger partial charge in [-0.1, -0.05) is 78.3 Å². The van der Waals surface area contributed by atoms with Gasteiger partial charge in [-0.3, -0.25) is 9.00 Å². The minimum absolute atomic E-state index is 0.128. The van der Waals surface area contributed by atoms with E-state index in [1.165, 1.54) is 0 Å². The maximum Gasteiger partial charge on any atom is 0.200 e. The quantitative estimate of drug-likeness (QED) is 0.581. The van der Waals surface area contributed by atoms with Gasteiger partial charge in [0.1, 0.15) is 11.4 Å². The fourth-order valence-electron chi connectivity index (χ4n) is 3.96. The van der Waals surface area contributed by atoms with Gasteiger partial charge < -0.3 is 4.74 Å². The number of hydrogen-bond acceptors (Lipinski definition) is 3. The second kappa shape index (κ2) is 6.13. The average Bonchev–Trinajstić information content (AvgIpc) is 3.43. The second-order valence-corrected chi connectivity index (χ2v) is 8.64. The molecule has 2 heterocycles. The molecule has 0 N–H and O–H groups in total. The molecule has 0 aliphatic carbocycles. The molecule has 134 valence electrons. The summed E-state index contributed by atoms with van der Waals surface area (Å²) >= 11 is 6.37. The van der Waals surface area contributed by atoms with Crippen LogP contribution in [0.2, 0.25) is 5.02 Å². The summed E-state index contributed by atoms with van der Waals surface area (Å²) in [5.41, 5.74) is 0.863. The first-order chi connectivity index (χ1) is 13.1. The van der Waals surface area contributed by atoms with Crippen molar-refractivity contribution in [2.75, 3.05) is 0 Å². The van der Waals surface area contributed by atoms with E-state index in [1.807, 2.05) is 54.6 Å². The largest absolute Gasteiger partial charge is 0.350 e. The molecule has 2 aliphatic heterocycles.